The molecule has 0 spiro atoms. The first-order chi connectivity index (χ1) is 6.79. The van der Waals surface area contributed by atoms with Gasteiger partial charge in [-0.15, -0.1) is 12.6 Å². The molecule has 2 rings (SSSR count). The highest BCUT2D eigenvalue weighted by Crippen LogP contribution is 2.23. The molecule has 0 aliphatic rings. The number of pyridine rings is 1. The van der Waals surface area contributed by atoms with E-state index in [1.807, 2.05) is 6.07 Å². The van der Waals surface area contributed by atoms with E-state index >= 15 is 0 Å². The fourth-order valence-corrected chi connectivity index (χ4v) is 1.35. The van der Waals surface area contributed by atoms with E-state index in [1.165, 1.54) is 6.26 Å². The standard InChI is InChI=1S/C10H7NO2S/c12-10(14)7-4-6-13-9(7)8-3-1-2-5-11-8/h1-6H,(H,12,14). The topological polar surface area (TPSA) is 43.1 Å². The summed E-state index contributed by atoms with van der Waals surface area (Å²) in [6, 6.07) is 6.99. The summed E-state index contributed by atoms with van der Waals surface area (Å²) >= 11 is 3.75. The van der Waals surface area contributed by atoms with Gasteiger partial charge in [-0.1, -0.05) is 6.07 Å². The highest BCUT2D eigenvalue weighted by molar-refractivity contribution is 7.97. The molecular weight excluding hydrogens is 198 g/mol. The number of carbonyl (C=O) groups excluding carboxylic acids is 1. The summed E-state index contributed by atoms with van der Waals surface area (Å²) in [5.41, 5.74) is 1.07. The Hall–Kier alpha value is -1.55. The number of carbonyl (C=O) groups is 1. The van der Waals surface area contributed by atoms with Gasteiger partial charge in [-0.25, -0.2) is 0 Å². The van der Waals surface area contributed by atoms with Crippen molar-refractivity contribution in [3.05, 3.63) is 42.3 Å². The molecule has 0 aliphatic heterocycles. The van der Waals surface area contributed by atoms with Gasteiger partial charge in [0.2, 0.25) is 5.12 Å². The maximum Gasteiger partial charge on any atom is 0.220 e. The minimum Gasteiger partial charge on any atom is -0.462 e. The number of furan rings is 1. The number of aromatic nitrogens is 1. The zero-order valence-electron chi connectivity index (χ0n) is 7.18. The zero-order chi connectivity index (χ0) is 9.97. The Kier molecular flexibility index (Phi) is 2.37. The van der Waals surface area contributed by atoms with Gasteiger partial charge in [0, 0.05) is 6.20 Å². The van der Waals surface area contributed by atoms with Crippen LogP contribution in [0.4, 0.5) is 0 Å². The van der Waals surface area contributed by atoms with Crippen molar-refractivity contribution in [3.8, 4) is 11.5 Å². The molecule has 0 aromatic carbocycles. The molecule has 0 saturated heterocycles. The molecule has 0 saturated carbocycles. The van der Waals surface area contributed by atoms with Gasteiger partial charge in [0.15, 0.2) is 5.76 Å². The molecule has 0 aliphatic carbocycles. The molecule has 4 heteroatoms. The molecular formula is C10H7NO2S. The van der Waals surface area contributed by atoms with Gasteiger partial charge in [-0.2, -0.15) is 0 Å². The summed E-state index contributed by atoms with van der Waals surface area (Å²) in [5, 5.41) is -0.320. The minimum atomic E-state index is -0.320. The Balaban J connectivity index is 2.52. The lowest BCUT2D eigenvalue weighted by Crippen LogP contribution is -1.90. The summed E-state index contributed by atoms with van der Waals surface area (Å²) in [6.45, 7) is 0. The predicted octanol–water partition coefficient (Wildman–Crippen LogP) is 2.41. The van der Waals surface area contributed by atoms with Gasteiger partial charge in [0.1, 0.15) is 5.69 Å². The molecule has 0 fully saturated rings. The Labute approximate surface area is 86.2 Å². The molecule has 0 amide bonds. The number of hydrogen-bond donors (Lipinski definition) is 1. The average Bonchev–Trinajstić information content (AvgIpc) is 2.67. The van der Waals surface area contributed by atoms with Crippen LogP contribution in [-0.2, 0) is 0 Å². The molecule has 14 heavy (non-hydrogen) atoms. The van der Waals surface area contributed by atoms with Crippen molar-refractivity contribution in [1.82, 2.24) is 4.98 Å². The number of rotatable bonds is 2. The third kappa shape index (κ3) is 1.56. The lowest BCUT2D eigenvalue weighted by molar-refractivity contribution is 0.109. The first-order valence-corrected chi connectivity index (χ1v) is 4.46. The first kappa shape index (κ1) is 9.02. The minimum absolute atomic E-state index is 0.320. The van der Waals surface area contributed by atoms with Crippen LogP contribution in [0.5, 0.6) is 0 Å². The van der Waals surface area contributed by atoms with Gasteiger partial charge in [-0.3, -0.25) is 9.78 Å². The molecule has 0 radical (unpaired) electrons. The number of thiol groups is 1. The van der Waals surface area contributed by atoms with Gasteiger partial charge in [0.25, 0.3) is 0 Å². The Bertz CT molecular complexity index is 450. The quantitative estimate of drug-likeness (QED) is 0.765. The number of nitrogens with zero attached hydrogens (tertiary/aromatic N) is 1. The van der Waals surface area contributed by atoms with Crippen molar-refractivity contribution in [2.45, 2.75) is 0 Å². The van der Waals surface area contributed by atoms with Gasteiger partial charge in [0.05, 0.1) is 11.8 Å². The Morgan fingerprint density at radius 2 is 2.21 bits per heavy atom. The Morgan fingerprint density at radius 1 is 1.36 bits per heavy atom. The molecule has 3 nitrogen and oxygen atoms in total. The summed E-state index contributed by atoms with van der Waals surface area (Å²) in [6.07, 6.45) is 3.10. The van der Waals surface area contributed by atoms with Crippen LogP contribution in [0.15, 0.2) is 41.1 Å². The van der Waals surface area contributed by atoms with Crippen molar-refractivity contribution in [2.24, 2.45) is 0 Å². The van der Waals surface area contributed by atoms with Crippen molar-refractivity contribution >= 4 is 17.7 Å². The van der Waals surface area contributed by atoms with Crippen LogP contribution in [0.1, 0.15) is 10.4 Å². The molecule has 2 aromatic heterocycles. The highest BCUT2D eigenvalue weighted by Gasteiger charge is 2.13. The number of hydrogen-bond acceptors (Lipinski definition) is 3. The lowest BCUT2D eigenvalue weighted by Gasteiger charge is -1.96. The van der Waals surface area contributed by atoms with E-state index in [9.17, 15) is 4.79 Å². The largest absolute Gasteiger partial charge is 0.462 e. The molecule has 0 bridgehead atoms. The van der Waals surface area contributed by atoms with E-state index in [-0.39, 0.29) is 5.12 Å². The van der Waals surface area contributed by atoms with Crippen LogP contribution in [0.25, 0.3) is 11.5 Å². The average molecular weight is 205 g/mol. The second-order valence-electron chi connectivity index (χ2n) is 2.68. The monoisotopic (exact) mass is 205 g/mol. The second-order valence-corrected chi connectivity index (χ2v) is 3.09. The van der Waals surface area contributed by atoms with Crippen LogP contribution in [0.2, 0.25) is 0 Å². The second kappa shape index (κ2) is 3.67. The molecule has 2 aromatic rings. The van der Waals surface area contributed by atoms with Crippen LogP contribution < -0.4 is 0 Å². The van der Waals surface area contributed by atoms with Crippen LogP contribution in [0, 0.1) is 0 Å². The van der Waals surface area contributed by atoms with E-state index in [1.54, 1.807) is 24.4 Å². The molecule has 0 atom stereocenters. The van der Waals surface area contributed by atoms with E-state index in [0.717, 1.165) is 0 Å². The van der Waals surface area contributed by atoms with E-state index in [0.29, 0.717) is 17.0 Å². The first-order valence-electron chi connectivity index (χ1n) is 4.01. The van der Waals surface area contributed by atoms with Gasteiger partial charge >= 0.3 is 0 Å². The fourth-order valence-electron chi connectivity index (χ4n) is 1.17. The van der Waals surface area contributed by atoms with Crippen LogP contribution >= 0.6 is 12.6 Å². The summed E-state index contributed by atoms with van der Waals surface area (Å²) in [4.78, 5) is 15.2. The van der Waals surface area contributed by atoms with Crippen LogP contribution in [-0.4, -0.2) is 10.1 Å². The summed E-state index contributed by atoms with van der Waals surface area (Å²) in [5.74, 6) is 0.464. The van der Waals surface area contributed by atoms with Crippen molar-refractivity contribution in [3.63, 3.8) is 0 Å². The normalized spacial score (nSPS) is 10.1. The summed E-state index contributed by atoms with van der Waals surface area (Å²) < 4.78 is 5.18. The lowest BCUT2D eigenvalue weighted by atomic mass is 10.2. The molecule has 0 unspecified atom stereocenters. The van der Waals surface area contributed by atoms with Crippen molar-refractivity contribution in [1.29, 1.82) is 0 Å². The van der Waals surface area contributed by atoms with E-state index in [4.69, 9.17) is 4.42 Å². The maximum atomic E-state index is 11.1. The molecule has 2 heterocycles. The van der Waals surface area contributed by atoms with Gasteiger partial charge < -0.3 is 4.42 Å². The third-order valence-electron chi connectivity index (χ3n) is 1.79. The van der Waals surface area contributed by atoms with Crippen molar-refractivity contribution in [2.75, 3.05) is 0 Å². The maximum absolute atomic E-state index is 11.1. The molecule has 70 valence electrons. The summed E-state index contributed by atoms with van der Waals surface area (Å²) in [7, 11) is 0. The fraction of sp³-hybridized carbons (Fsp3) is 0. The highest BCUT2D eigenvalue weighted by atomic mass is 32.1. The van der Waals surface area contributed by atoms with Crippen molar-refractivity contribution < 1.29 is 9.21 Å². The van der Waals surface area contributed by atoms with E-state index in [2.05, 4.69) is 17.6 Å². The third-order valence-corrected chi connectivity index (χ3v) is 2.03. The Morgan fingerprint density at radius 3 is 2.86 bits per heavy atom. The zero-order valence-corrected chi connectivity index (χ0v) is 8.07. The SMILES string of the molecule is O=C(S)c1ccoc1-c1ccccn1. The molecule has 0 N–H and O–H groups in total. The smallest absolute Gasteiger partial charge is 0.220 e. The predicted molar refractivity (Wildman–Crippen MR) is 55.3 cm³/mol. The van der Waals surface area contributed by atoms with Gasteiger partial charge in [-0.05, 0) is 18.2 Å². The van der Waals surface area contributed by atoms with E-state index < -0.39 is 0 Å². The van der Waals surface area contributed by atoms with Crippen LogP contribution in [0.3, 0.4) is 0 Å².